The molecule has 0 unspecified atom stereocenters. The summed E-state index contributed by atoms with van der Waals surface area (Å²) in [4.78, 5) is 0. The van der Waals surface area contributed by atoms with Gasteiger partial charge in [-0.05, 0) is 99.2 Å². The van der Waals surface area contributed by atoms with Crippen LogP contribution in [0.4, 0.5) is 8.78 Å². The Bertz CT molecular complexity index is 503. The van der Waals surface area contributed by atoms with Crippen molar-refractivity contribution >= 4 is 0 Å². The van der Waals surface area contributed by atoms with Gasteiger partial charge >= 0.3 is 0 Å². The fourth-order valence-corrected chi connectivity index (χ4v) is 4.82. The Labute approximate surface area is 145 Å². The predicted octanol–water partition coefficient (Wildman–Crippen LogP) is 6.82. The van der Waals surface area contributed by atoms with Crippen LogP contribution in [-0.4, -0.2) is 6.67 Å². The monoisotopic (exact) mass is 332 g/mol. The summed E-state index contributed by atoms with van der Waals surface area (Å²) in [6, 6.07) is 7.13. The summed E-state index contributed by atoms with van der Waals surface area (Å²) in [5.41, 5.74) is 1.32. The number of allylic oxidation sites excluding steroid dienone is 2. The van der Waals surface area contributed by atoms with Crippen molar-refractivity contribution in [2.75, 3.05) is 6.67 Å². The van der Waals surface area contributed by atoms with E-state index in [2.05, 4.69) is 6.08 Å². The summed E-state index contributed by atoms with van der Waals surface area (Å²) in [7, 11) is 0. The maximum absolute atomic E-state index is 13.1. The van der Waals surface area contributed by atoms with E-state index in [0.717, 1.165) is 11.8 Å². The summed E-state index contributed by atoms with van der Waals surface area (Å²) in [5, 5.41) is 0. The van der Waals surface area contributed by atoms with Gasteiger partial charge in [-0.25, -0.2) is 4.39 Å². The first-order chi connectivity index (χ1) is 11.8. The van der Waals surface area contributed by atoms with Crippen LogP contribution >= 0.6 is 0 Å². The molecule has 0 atom stereocenters. The lowest BCUT2D eigenvalue weighted by molar-refractivity contribution is 0.171. The van der Waals surface area contributed by atoms with Crippen LogP contribution in [0, 0.1) is 23.6 Å². The summed E-state index contributed by atoms with van der Waals surface area (Å²) in [6.45, 7) is -0.233. The van der Waals surface area contributed by atoms with Gasteiger partial charge in [-0.1, -0.05) is 24.3 Å². The van der Waals surface area contributed by atoms with Crippen molar-refractivity contribution in [1.82, 2.24) is 0 Å². The third-order valence-corrected chi connectivity index (χ3v) is 6.28. The van der Waals surface area contributed by atoms with Crippen molar-refractivity contribution in [2.24, 2.45) is 17.8 Å². The van der Waals surface area contributed by atoms with Gasteiger partial charge in [0, 0.05) is 0 Å². The number of hydrogen-bond donors (Lipinski definition) is 0. The van der Waals surface area contributed by atoms with Gasteiger partial charge in [-0.2, -0.15) is 0 Å². The lowest BCUT2D eigenvalue weighted by atomic mass is 9.68. The number of alkyl halides is 1. The molecule has 2 aliphatic rings. The van der Waals surface area contributed by atoms with E-state index < -0.39 is 0 Å². The molecular formula is C22H30F2. The summed E-state index contributed by atoms with van der Waals surface area (Å²) >= 11 is 0. The molecule has 0 amide bonds. The van der Waals surface area contributed by atoms with Crippen molar-refractivity contribution in [3.05, 3.63) is 47.8 Å². The Morgan fingerprint density at radius 3 is 2.00 bits per heavy atom. The van der Waals surface area contributed by atoms with E-state index in [1.165, 1.54) is 56.9 Å². The van der Waals surface area contributed by atoms with Crippen LogP contribution in [0.2, 0.25) is 0 Å². The van der Waals surface area contributed by atoms with Crippen LogP contribution < -0.4 is 0 Å². The lowest BCUT2D eigenvalue weighted by Gasteiger charge is -2.37. The largest absolute Gasteiger partial charge is 0.251 e. The van der Waals surface area contributed by atoms with Crippen LogP contribution in [0.5, 0.6) is 0 Å². The second-order valence-electron chi connectivity index (χ2n) is 7.74. The zero-order valence-corrected chi connectivity index (χ0v) is 14.6. The average molecular weight is 332 g/mol. The highest BCUT2D eigenvalue weighted by Crippen LogP contribution is 2.44. The van der Waals surface area contributed by atoms with Gasteiger partial charge in [0.25, 0.3) is 0 Å². The van der Waals surface area contributed by atoms with Gasteiger partial charge in [0.2, 0.25) is 0 Å². The van der Waals surface area contributed by atoms with Gasteiger partial charge < -0.3 is 0 Å². The molecule has 0 aliphatic heterocycles. The van der Waals surface area contributed by atoms with Gasteiger partial charge in [0.1, 0.15) is 5.82 Å². The molecule has 3 rings (SSSR count). The molecule has 2 fully saturated rings. The highest BCUT2D eigenvalue weighted by molar-refractivity contribution is 5.21. The normalized spacial score (nSPS) is 31.4. The first-order valence-corrected chi connectivity index (χ1v) is 9.74. The van der Waals surface area contributed by atoms with Crippen LogP contribution in [-0.2, 0) is 0 Å². The molecule has 0 bridgehead atoms. The Morgan fingerprint density at radius 1 is 0.833 bits per heavy atom. The second kappa shape index (κ2) is 8.78. The lowest BCUT2D eigenvalue weighted by Crippen LogP contribution is -2.25. The fourth-order valence-electron chi connectivity index (χ4n) is 4.82. The molecule has 0 heterocycles. The number of rotatable bonds is 5. The molecule has 0 aromatic heterocycles. The first kappa shape index (κ1) is 17.6. The SMILES string of the molecule is FCCC=CC1CCC(C2CCC(c3ccc(F)cc3)CC2)CC1. The fraction of sp³-hybridized carbons (Fsp3) is 0.636. The maximum atomic E-state index is 13.1. The van der Waals surface area contributed by atoms with Gasteiger partial charge in [-0.15, -0.1) is 0 Å². The molecule has 1 aromatic carbocycles. The number of hydrogen-bond acceptors (Lipinski definition) is 0. The molecule has 0 spiro atoms. The van der Waals surface area contributed by atoms with Crippen LogP contribution in [0.3, 0.4) is 0 Å². The molecular weight excluding hydrogens is 302 g/mol. The minimum absolute atomic E-state index is 0.134. The van der Waals surface area contributed by atoms with Crippen molar-refractivity contribution < 1.29 is 8.78 Å². The number of benzene rings is 1. The standard InChI is InChI=1S/C22H30F2/c23-16-2-1-3-17-4-6-18(7-5-17)19-8-10-20(11-9-19)21-12-14-22(24)15-13-21/h1,3,12-15,17-20H,2,4-11,16H2. The molecule has 2 heteroatoms. The Balaban J connectivity index is 1.43. The topological polar surface area (TPSA) is 0 Å². The highest BCUT2D eigenvalue weighted by atomic mass is 19.1. The predicted molar refractivity (Wildman–Crippen MR) is 96.3 cm³/mol. The van der Waals surface area contributed by atoms with Crippen LogP contribution in [0.25, 0.3) is 0 Å². The van der Waals surface area contributed by atoms with Crippen LogP contribution in [0.15, 0.2) is 36.4 Å². The number of halogens is 2. The maximum Gasteiger partial charge on any atom is 0.123 e. The zero-order chi connectivity index (χ0) is 16.8. The molecule has 0 radical (unpaired) electrons. The van der Waals surface area contributed by atoms with Gasteiger partial charge in [0.05, 0.1) is 6.67 Å². The second-order valence-corrected chi connectivity index (χ2v) is 7.74. The summed E-state index contributed by atoms with van der Waals surface area (Å²) < 4.78 is 25.2. The average Bonchev–Trinajstić information content (AvgIpc) is 2.63. The Hall–Kier alpha value is -1.18. The molecule has 1 aromatic rings. The minimum Gasteiger partial charge on any atom is -0.251 e. The third-order valence-electron chi connectivity index (χ3n) is 6.28. The molecule has 0 N–H and O–H groups in total. The molecule has 132 valence electrons. The van der Waals surface area contributed by atoms with E-state index in [1.54, 1.807) is 12.1 Å². The van der Waals surface area contributed by atoms with Gasteiger partial charge in [0.15, 0.2) is 0 Å². The van der Waals surface area contributed by atoms with Crippen molar-refractivity contribution in [3.63, 3.8) is 0 Å². The minimum atomic E-state index is -0.233. The van der Waals surface area contributed by atoms with Crippen molar-refractivity contribution in [1.29, 1.82) is 0 Å². The van der Waals surface area contributed by atoms with Crippen molar-refractivity contribution in [2.45, 2.75) is 63.7 Å². The molecule has 0 nitrogen and oxygen atoms in total. The Kier molecular flexibility index (Phi) is 6.45. The molecule has 2 aliphatic carbocycles. The summed E-state index contributed by atoms with van der Waals surface area (Å²) in [5.74, 6) is 2.96. The van der Waals surface area contributed by atoms with E-state index in [4.69, 9.17) is 0 Å². The summed E-state index contributed by atoms with van der Waals surface area (Å²) in [6.07, 6.45) is 15.3. The van der Waals surface area contributed by atoms with E-state index in [1.807, 2.05) is 18.2 Å². The smallest absolute Gasteiger partial charge is 0.123 e. The molecule has 24 heavy (non-hydrogen) atoms. The van der Waals surface area contributed by atoms with E-state index >= 15 is 0 Å². The van der Waals surface area contributed by atoms with Gasteiger partial charge in [-0.3, -0.25) is 4.39 Å². The van der Waals surface area contributed by atoms with E-state index in [9.17, 15) is 8.78 Å². The quantitative estimate of drug-likeness (QED) is 0.519. The molecule has 0 saturated heterocycles. The third kappa shape index (κ3) is 4.68. The van der Waals surface area contributed by atoms with E-state index in [0.29, 0.717) is 18.3 Å². The Morgan fingerprint density at radius 2 is 1.42 bits per heavy atom. The molecule has 2 saturated carbocycles. The first-order valence-electron chi connectivity index (χ1n) is 9.74. The van der Waals surface area contributed by atoms with Crippen molar-refractivity contribution in [3.8, 4) is 0 Å². The zero-order valence-electron chi connectivity index (χ0n) is 14.6. The van der Waals surface area contributed by atoms with Crippen LogP contribution in [0.1, 0.15) is 69.3 Å². The highest BCUT2D eigenvalue weighted by Gasteiger charge is 2.30. The van der Waals surface area contributed by atoms with E-state index in [-0.39, 0.29) is 12.5 Å².